The number of methoxy groups -OCH3 is 1. The van der Waals surface area contributed by atoms with E-state index in [1.54, 1.807) is 26.3 Å². The van der Waals surface area contributed by atoms with Crippen molar-refractivity contribution in [2.45, 2.75) is 12.8 Å². The van der Waals surface area contributed by atoms with Gasteiger partial charge in [-0.1, -0.05) is 12.1 Å². The zero-order valence-electron chi connectivity index (χ0n) is 11.8. The van der Waals surface area contributed by atoms with Gasteiger partial charge >= 0.3 is 5.97 Å². The fraction of sp³-hybridized carbons (Fsp3) is 0.429. The zero-order chi connectivity index (χ0) is 15.0. The Labute approximate surface area is 118 Å². The van der Waals surface area contributed by atoms with Crippen LogP contribution in [0.15, 0.2) is 24.3 Å². The Morgan fingerprint density at radius 1 is 1.25 bits per heavy atom. The molecule has 1 rings (SSSR count). The molecule has 0 aliphatic carbocycles. The van der Waals surface area contributed by atoms with E-state index < -0.39 is 5.97 Å². The van der Waals surface area contributed by atoms with E-state index in [9.17, 15) is 9.59 Å². The molecule has 2 N–H and O–H groups in total. The summed E-state index contributed by atoms with van der Waals surface area (Å²) in [6, 6.07) is 7.19. The molecular formula is C14H20N2O4. The van der Waals surface area contributed by atoms with Gasteiger partial charge in [0.25, 0.3) is 0 Å². The van der Waals surface area contributed by atoms with Crippen molar-refractivity contribution < 1.29 is 19.4 Å². The van der Waals surface area contributed by atoms with Crippen LogP contribution >= 0.6 is 0 Å². The maximum Gasteiger partial charge on any atom is 0.304 e. The van der Waals surface area contributed by atoms with Crippen molar-refractivity contribution in [1.29, 1.82) is 0 Å². The number of amides is 1. The lowest BCUT2D eigenvalue weighted by molar-refractivity contribution is -0.137. The number of ether oxygens (including phenoxy) is 1. The van der Waals surface area contributed by atoms with Crippen LogP contribution in [0.5, 0.6) is 5.75 Å². The van der Waals surface area contributed by atoms with Gasteiger partial charge in [-0.2, -0.15) is 0 Å². The van der Waals surface area contributed by atoms with Gasteiger partial charge in [0.1, 0.15) is 5.75 Å². The number of anilines is 1. The quantitative estimate of drug-likeness (QED) is 0.753. The summed E-state index contributed by atoms with van der Waals surface area (Å²) >= 11 is 0. The summed E-state index contributed by atoms with van der Waals surface area (Å²) in [6.07, 6.45) is 0.374. The summed E-state index contributed by atoms with van der Waals surface area (Å²) in [4.78, 5) is 24.1. The highest BCUT2D eigenvalue weighted by Gasteiger charge is 2.09. The number of rotatable bonds is 8. The van der Waals surface area contributed by atoms with Gasteiger partial charge in [0, 0.05) is 19.5 Å². The van der Waals surface area contributed by atoms with Gasteiger partial charge in [-0.25, -0.2) is 0 Å². The van der Waals surface area contributed by atoms with E-state index >= 15 is 0 Å². The highest BCUT2D eigenvalue weighted by Crippen LogP contribution is 2.22. The number of aliphatic carboxylic acids is 1. The van der Waals surface area contributed by atoms with E-state index in [0.717, 1.165) is 0 Å². The van der Waals surface area contributed by atoms with Gasteiger partial charge in [-0.3, -0.25) is 9.59 Å². The Morgan fingerprint density at radius 2 is 1.90 bits per heavy atom. The van der Waals surface area contributed by atoms with Crippen molar-refractivity contribution in [3.63, 3.8) is 0 Å². The fourth-order valence-electron chi connectivity index (χ4n) is 1.65. The molecule has 0 spiro atoms. The van der Waals surface area contributed by atoms with Crippen LogP contribution in [0.4, 0.5) is 5.69 Å². The molecule has 6 heteroatoms. The molecule has 1 aromatic rings. The van der Waals surface area contributed by atoms with Crippen molar-refractivity contribution in [2.75, 3.05) is 32.6 Å². The molecule has 20 heavy (non-hydrogen) atoms. The van der Waals surface area contributed by atoms with Crippen LogP contribution in [-0.2, 0) is 9.59 Å². The molecule has 1 amide bonds. The van der Waals surface area contributed by atoms with Gasteiger partial charge in [-0.05, 0) is 19.2 Å². The number of hydrogen-bond acceptors (Lipinski definition) is 4. The van der Waals surface area contributed by atoms with Crippen molar-refractivity contribution in [1.82, 2.24) is 4.90 Å². The predicted octanol–water partition coefficient (Wildman–Crippen LogP) is 1.43. The van der Waals surface area contributed by atoms with E-state index in [1.807, 2.05) is 17.0 Å². The number of benzene rings is 1. The van der Waals surface area contributed by atoms with Crippen molar-refractivity contribution in [3.8, 4) is 5.75 Å². The Balaban J connectivity index is 2.38. The number of carbonyl (C=O) groups is 2. The Kier molecular flexibility index (Phi) is 6.52. The van der Waals surface area contributed by atoms with Crippen LogP contribution in [0.1, 0.15) is 12.8 Å². The van der Waals surface area contributed by atoms with E-state index in [0.29, 0.717) is 30.9 Å². The number of nitrogens with one attached hydrogen (secondary N) is 1. The largest absolute Gasteiger partial charge is 0.495 e. The van der Waals surface area contributed by atoms with Crippen LogP contribution in [-0.4, -0.2) is 49.1 Å². The second kappa shape index (κ2) is 8.16. The smallest absolute Gasteiger partial charge is 0.304 e. The molecular weight excluding hydrogens is 260 g/mol. The second-order valence-corrected chi connectivity index (χ2v) is 4.45. The lowest BCUT2D eigenvalue weighted by Gasteiger charge is -2.15. The molecule has 0 fully saturated rings. The van der Waals surface area contributed by atoms with E-state index in [2.05, 4.69) is 5.32 Å². The maximum atomic E-state index is 11.8. The van der Waals surface area contributed by atoms with Gasteiger partial charge in [0.2, 0.25) is 5.91 Å². The van der Waals surface area contributed by atoms with Crippen LogP contribution in [0, 0.1) is 0 Å². The molecule has 0 unspecified atom stereocenters. The van der Waals surface area contributed by atoms with Crippen LogP contribution < -0.4 is 10.1 Å². The minimum Gasteiger partial charge on any atom is -0.495 e. The third kappa shape index (κ3) is 5.71. The van der Waals surface area contributed by atoms with Gasteiger partial charge < -0.3 is 20.1 Å². The molecule has 0 saturated carbocycles. The topological polar surface area (TPSA) is 78.9 Å². The number of para-hydroxylation sites is 2. The standard InChI is InChI=1S/C14H20N2O4/c1-16(10-8-14(18)19)9-7-13(17)15-11-5-3-4-6-12(11)20-2/h3-6H,7-10H2,1-2H3,(H,15,17)(H,18,19). The van der Waals surface area contributed by atoms with Gasteiger partial charge in [-0.15, -0.1) is 0 Å². The average molecular weight is 280 g/mol. The Bertz CT molecular complexity index is 462. The zero-order valence-corrected chi connectivity index (χ0v) is 11.8. The minimum atomic E-state index is -0.838. The third-order valence-corrected chi connectivity index (χ3v) is 2.81. The van der Waals surface area contributed by atoms with Crippen molar-refractivity contribution >= 4 is 17.6 Å². The molecule has 110 valence electrons. The Hall–Kier alpha value is -2.08. The van der Waals surface area contributed by atoms with Crippen molar-refractivity contribution in [3.05, 3.63) is 24.3 Å². The first-order chi connectivity index (χ1) is 9.52. The first-order valence-electron chi connectivity index (χ1n) is 6.36. The fourth-order valence-corrected chi connectivity index (χ4v) is 1.65. The molecule has 0 aliphatic heterocycles. The number of carboxylic acids is 1. The summed E-state index contributed by atoms with van der Waals surface area (Å²) in [7, 11) is 3.34. The molecule has 0 bridgehead atoms. The highest BCUT2D eigenvalue weighted by atomic mass is 16.5. The maximum absolute atomic E-state index is 11.8. The van der Waals surface area contributed by atoms with Crippen LogP contribution in [0.3, 0.4) is 0 Å². The molecule has 0 radical (unpaired) electrons. The first kappa shape index (κ1) is 16.0. The average Bonchev–Trinajstić information content (AvgIpc) is 2.43. The number of hydrogen-bond donors (Lipinski definition) is 2. The minimum absolute atomic E-state index is 0.0740. The number of carboxylic acid groups (broad SMARTS) is 1. The molecule has 0 atom stereocenters. The summed E-state index contributed by atoms with van der Waals surface area (Å²) in [5.74, 6) is -0.355. The lowest BCUT2D eigenvalue weighted by Crippen LogP contribution is -2.26. The molecule has 6 nitrogen and oxygen atoms in total. The normalized spacial score (nSPS) is 10.3. The van der Waals surface area contributed by atoms with Gasteiger partial charge in [0.15, 0.2) is 0 Å². The molecule has 0 aliphatic rings. The molecule has 1 aromatic carbocycles. The monoisotopic (exact) mass is 280 g/mol. The van der Waals surface area contributed by atoms with E-state index in [-0.39, 0.29) is 12.3 Å². The van der Waals surface area contributed by atoms with E-state index in [4.69, 9.17) is 9.84 Å². The summed E-state index contributed by atoms with van der Waals surface area (Å²) in [6.45, 7) is 0.936. The summed E-state index contributed by atoms with van der Waals surface area (Å²) in [5.41, 5.74) is 0.633. The molecule has 0 saturated heterocycles. The lowest BCUT2D eigenvalue weighted by atomic mass is 10.2. The molecule has 0 heterocycles. The third-order valence-electron chi connectivity index (χ3n) is 2.81. The number of nitrogens with zero attached hydrogens (tertiary/aromatic N) is 1. The Morgan fingerprint density at radius 3 is 2.55 bits per heavy atom. The SMILES string of the molecule is COc1ccccc1NC(=O)CCN(C)CCC(=O)O. The first-order valence-corrected chi connectivity index (χ1v) is 6.36. The van der Waals surface area contributed by atoms with E-state index in [1.165, 1.54) is 0 Å². The molecule has 0 aromatic heterocycles. The number of carbonyl (C=O) groups excluding carboxylic acids is 1. The van der Waals surface area contributed by atoms with Crippen LogP contribution in [0.2, 0.25) is 0 Å². The summed E-state index contributed by atoms with van der Waals surface area (Å²) in [5, 5.41) is 11.3. The van der Waals surface area contributed by atoms with Crippen molar-refractivity contribution in [2.24, 2.45) is 0 Å². The van der Waals surface area contributed by atoms with Gasteiger partial charge in [0.05, 0.1) is 19.2 Å². The predicted molar refractivity (Wildman–Crippen MR) is 76.0 cm³/mol. The van der Waals surface area contributed by atoms with Crippen LogP contribution in [0.25, 0.3) is 0 Å². The highest BCUT2D eigenvalue weighted by molar-refractivity contribution is 5.92. The second-order valence-electron chi connectivity index (χ2n) is 4.45. The summed E-state index contributed by atoms with van der Waals surface area (Å²) < 4.78 is 5.15.